The lowest BCUT2D eigenvalue weighted by Gasteiger charge is -2.17. The standard InChI is InChI=1S/C12H12FNO3/c13-10-4-2-1-3-8(10)6-14-7-9(12(16)17)5-11(14)15/h1-4,9H,5-7H2,(H,16,17)/p-1/t9-/m0/s1. The van der Waals surface area contributed by atoms with Crippen molar-refractivity contribution in [2.75, 3.05) is 6.54 Å². The molecule has 1 amide bonds. The second-order valence-electron chi connectivity index (χ2n) is 4.09. The molecule has 1 atom stereocenters. The summed E-state index contributed by atoms with van der Waals surface area (Å²) < 4.78 is 13.4. The number of rotatable bonds is 3. The quantitative estimate of drug-likeness (QED) is 0.737. The van der Waals surface area contributed by atoms with Crippen LogP contribution in [0.15, 0.2) is 24.3 Å². The van der Waals surface area contributed by atoms with Gasteiger partial charge in [-0.3, -0.25) is 4.79 Å². The number of aliphatic carboxylic acids is 1. The zero-order valence-electron chi connectivity index (χ0n) is 9.06. The van der Waals surface area contributed by atoms with Gasteiger partial charge < -0.3 is 14.8 Å². The molecule has 1 heterocycles. The highest BCUT2D eigenvalue weighted by Crippen LogP contribution is 2.20. The molecule has 1 saturated heterocycles. The Morgan fingerprint density at radius 1 is 1.47 bits per heavy atom. The minimum atomic E-state index is -1.23. The molecule has 4 nitrogen and oxygen atoms in total. The van der Waals surface area contributed by atoms with E-state index in [0.717, 1.165) is 0 Å². The number of likely N-dealkylation sites (tertiary alicyclic amines) is 1. The summed E-state index contributed by atoms with van der Waals surface area (Å²) >= 11 is 0. The van der Waals surface area contributed by atoms with Gasteiger partial charge in [-0.15, -0.1) is 0 Å². The van der Waals surface area contributed by atoms with Crippen molar-refractivity contribution < 1.29 is 19.1 Å². The zero-order chi connectivity index (χ0) is 12.4. The minimum Gasteiger partial charge on any atom is -0.550 e. The molecule has 1 fully saturated rings. The maximum absolute atomic E-state index is 13.4. The van der Waals surface area contributed by atoms with E-state index < -0.39 is 17.7 Å². The average molecular weight is 236 g/mol. The molecule has 0 aromatic heterocycles. The van der Waals surface area contributed by atoms with Gasteiger partial charge in [0.2, 0.25) is 5.91 Å². The number of halogens is 1. The Morgan fingerprint density at radius 2 is 2.18 bits per heavy atom. The molecular formula is C12H11FNO3-. The van der Waals surface area contributed by atoms with E-state index in [2.05, 4.69) is 0 Å². The molecule has 0 N–H and O–H groups in total. The number of carboxylic acids is 1. The van der Waals surface area contributed by atoms with Gasteiger partial charge in [0.15, 0.2) is 0 Å². The van der Waals surface area contributed by atoms with Crippen LogP contribution in [-0.2, 0) is 16.1 Å². The Kier molecular flexibility index (Phi) is 3.08. The van der Waals surface area contributed by atoms with Crippen LogP contribution in [0, 0.1) is 11.7 Å². The molecule has 90 valence electrons. The van der Waals surface area contributed by atoms with Crippen LogP contribution in [0.1, 0.15) is 12.0 Å². The monoisotopic (exact) mass is 236 g/mol. The van der Waals surface area contributed by atoms with Gasteiger partial charge >= 0.3 is 0 Å². The largest absolute Gasteiger partial charge is 0.550 e. The molecule has 2 rings (SSSR count). The van der Waals surface area contributed by atoms with E-state index in [1.54, 1.807) is 18.2 Å². The number of carboxylic acid groups (broad SMARTS) is 1. The zero-order valence-corrected chi connectivity index (χ0v) is 9.06. The molecular weight excluding hydrogens is 225 g/mol. The van der Waals surface area contributed by atoms with Gasteiger partial charge in [-0.2, -0.15) is 0 Å². The topological polar surface area (TPSA) is 60.4 Å². The van der Waals surface area contributed by atoms with Gasteiger partial charge in [0.1, 0.15) is 5.82 Å². The van der Waals surface area contributed by atoms with Crippen molar-refractivity contribution in [3.05, 3.63) is 35.6 Å². The molecule has 0 aliphatic carbocycles. The van der Waals surface area contributed by atoms with Gasteiger partial charge in [-0.05, 0) is 6.07 Å². The fraction of sp³-hybridized carbons (Fsp3) is 0.333. The lowest BCUT2D eigenvalue weighted by Crippen LogP contribution is -2.33. The predicted octanol–water partition coefficient (Wildman–Crippen LogP) is -0.0759. The van der Waals surface area contributed by atoms with E-state index in [0.29, 0.717) is 5.56 Å². The first kappa shape index (κ1) is 11.6. The molecule has 0 radical (unpaired) electrons. The molecule has 0 bridgehead atoms. The Bertz CT molecular complexity index is 461. The van der Waals surface area contributed by atoms with Crippen LogP contribution in [0.3, 0.4) is 0 Å². The van der Waals surface area contributed by atoms with Crippen LogP contribution in [0.25, 0.3) is 0 Å². The number of amides is 1. The number of hydrogen-bond acceptors (Lipinski definition) is 3. The molecule has 17 heavy (non-hydrogen) atoms. The molecule has 0 saturated carbocycles. The summed E-state index contributed by atoms with van der Waals surface area (Å²) in [7, 11) is 0. The summed E-state index contributed by atoms with van der Waals surface area (Å²) in [4.78, 5) is 23.5. The smallest absolute Gasteiger partial charge is 0.223 e. The van der Waals surface area contributed by atoms with Gasteiger partial charge in [0, 0.05) is 37.0 Å². The van der Waals surface area contributed by atoms with Crippen molar-refractivity contribution in [1.82, 2.24) is 4.90 Å². The van der Waals surface area contributed by atoms with Crippen molar-refractivity contribution in [2.24, 2.45) is 5.92 Å². The van der Waals surface area contributed by atoms with Crippen LogP contribution in [-0.4, -0.2) is 23.3 Å². The first-order valence-corrected chi connectivity index (χ1v) is 5.30. The first-order valence-electron chi connectivity index (χ1n) is 5.30. The Balaban J connectivity index is 2.08. The van der Waals surface area contributed by atoms with Crippen LogP contribution < -0.4 is 5.11 Å². The van der Waals surface area contributed by atoms with E-state index in [1.165, 1.54) is 11.0 Å². The average Bonchev–Trinajstić information content (AvgIpc) is 2.64. The second kappa shape index (κ2) is 4.53. The summed E-state index contributed by atoms with van der Waals surface area (Å²) in [5.74, 6) is -2.68. The molecule has 0 spiro atoms. The summed E-state index contributed by atoms with van der Waals surface area (Å²) in [6.07, 6.45) is -0.0587. The summed E-state index contributed by atoms with van der Waals surface area (Å²) in [5.41, 5.74) is 0.389. The Labute approximate surface area is 97.7 Å². The number of nitrogens with zero attached hydrogens (tertiary/aromatic N) is 1. The van der Waals surface area contributed by atoms with Crippen molar-refractivity contribution >= 4 is 11.9 Å². The van der Waals surface area contributed by atoms with Crippen LogP contribution in [0.2, 0.25) is 0 Å². The van der Waals surface area contributed by atoms with Crippen molar-refractivity contribution in [2.45, 2.75) is 13.0 Å². The third-order valence-corrected chi connectivity index (χ3v) is 2.87. The Morgan fingerprint density at radius 3 is 2.76 bits per heavy atom. The van der Waals surface area contributed by atoms with Crippen molar-refractivity contribution in [3.63, 3.8) is 0 Å². The van der Waals surface area contributed by atoms with Gasteiger partial charge in [0.05, 0.1) is 0 Å². The summed E-state index contributed by atoms with van der Waals surface area (Å²) in [6, 6.07) is 6.13. The fourth-order valence-electron chi connectivity index (χ4n) is 1.92. The predicted molar refractivity (Wildman–Crippen MR) is 54.9 cm³/mol. The molecule has 5 heteroatoms. The van der Waals surface area contributed by atoms with Crippen molar-refractivity contribution in [3.8, 4) is 0 Å². The molecule has 1 aliphatic rings. The lowest BCUT2D eigenvalue weighted by atomic mass is 10.1. The second-order valence-corrected chi connectivity index (χ2v) is 4.09. The SMILES string of the molecule is O=C([O-])[C@H]1CC(=O)N(Cc2ccccc2F)C1. The van der Waals surface area contributed by atoms with Crippen molar-refractivity contribution in [1.29, 1.82) is 0 Å². The fourth-order valence-corrected chi connectivity index (χ4v) is 1.92. The maximum Gasteiger partial charge on any atom is 0.223 e. The third kappa shape index (κ3) is 2.43. The summed E-state index contributed by atoms with van der Waals surface area (Å²) in [5, 5.41) is 10.6. The van der Waals surface area contributed by atoms with Gasteiger partial charge in [0.25, 0.3) is 0 Å². The number of hydrogen-bond donors (Lipinski definition) is 0. The number of benzene rings is 1. The third-order valence-electron chi connectivity index (χ3n) is 2.87. The minimum absolute atomic E-state index is 0.0587. The maximum atomic E-state index is 13.4. The Hall–Kier alpha value is -1.91. The van der Waals surface area contributed by atoms with E-state index >= 15 is 0 Å². The number of carbonyl (C=O) groups is 2. The summed E-state index contributed by atoms with van der Waals surface area (Å²) in [6.45, 7) is 0.199. The number of carbonyl (C=O) groups excluding carboxylic acids is 2. The molecule has 1 aromatic rings. The highest BCUT2D eigenvalue weighted by molar-refractivity contribution is 5.85. The van der Waals surface area contributed by atoms with Crippen LogP contribution >= 0.6 is 0 Å². The van der Waals surface area contributed by atoms with Gasteiger partial charge in [-0.1, -0.05) is 18.2 Å². The van der Waals surface area contributed by atoms with E-state index in [4.69, 9.17) is 0 Å². The molecule has 0 unspecified atom stereocenters. The van der Waals surface area contributed by atoms with Gasteiger partial charge in [-0.25, -0.2) is 4.39 Å². The first-order chi connectivity index (χ1) is 8.08. The molecule has 1 aromatic carbocycles. The highest BCUT2D eigenvalue weighted by Gasteiger charge is 2.30. The normalized spacial score (nSPS) is 19.7. The highest BCUT2D eigenvalue weighted by atomic mass is 19.1. The van der Waals surface area contributed by atoms with Crippen LogP contribution in [0.5, 0.6) is 0 Å². The van der Waals surface area contributed by atoms with E-state index in [9.17, 15) is 19.1 Å². The van der Waals surface area contributed by atoms with E-state index in [-0.39, 0.29) is 25.4 Å². The van der Waals surface area contributed by atoms with Crippen LogP contribution in [0.4, 0.5) is 4.39 Å². The lowest BCUT2D eigenvalue weighted by molar-refractivity contribution is -0.311. The molecule has 1 aliphatic heterocycles. The van der Waals surface area contributed by atoms with E-state index in [1.807, 2.05) is 0 Å².